The standard InChI is InChI=1S/Eu.La.OSe/c;;1-2. The Labute approximate surface area is 102 Å². The van der Waals surface area contributed by atoms with Crippen LogP contribution in [0.2, 0.25) is 0 Å². The summed E-state index contributed by atoms with van der Waals surface area (Å²) in [5.41, 5.74) is 0. The van der Waals surface area contributed by atoms with E-state index in [9.17, 15) is 0 Å². The summed E-state index contributed by atoms with van der Waals surface area (Å²) < 4.78 is 8.12. The van der Waals surface area contributed by atoms with Gasteiger partial charge >= 0.3 is 19.8 Å². The van der Waals surface area contributed by atoms with Crippen LogP contribution >= 0.6 is 0 Å². The Bertz CT molecular complexity index is 8.00. The molecule has 0 saturated heterocycles. The predicted octanol–water partition coefficient (Wildman–Crippen LogP) is -0.500. The smallest absolute Gasteiger partial charge is 0 e. The van der Waals surface area contributed by atoms with Crippen LogP contribution in [0.4, 0.5) is 0 Å². The van der Waals surface area contributed by atoms with Crippen LogP contribution in [-0.4, -0.2) is 15.9 Å². The van der Waals surface area contributed by atoms with E-state index in [1.807, 2.05) is 0 Å². The third-order valence-electron chi connectivity index (χ3n) is 0. The molecule has 0 aliphatic heterocycles. The van der Waals surface area contributed by atoms with Crippen molar-refractivity contribution in [3.05, 3.63) is 0 Å². The molecular formula is EuLaOSe. The normalized spacial score (nSPS) is 1.00. The quantitative estimate of drug-likeness (QED) is 0.514. The van der Waals surface area contributed by atoms with Gasteiger partial charge in [0.15, 0.2) is 0 Å². The average Bonchev–Trinajstić information content (AvgIpc) is 1.00. The topological polar surface area (TPSA) is 17.1 Å². The van der Waals surface area contributed by atoms with Gasteiger partial charge in [-0.05, 0) is 0 Å². The van der Waals surface area contributed by atoms with Gasteiger partial charge in [-0.2, -0.15) is 0 Å². The first kappa shape index (κ1) is 15.7. The first-order valence-electron chi connectivity index (χ1n) is 0.167. The van der Waals surface area contributed by atoms with E-state index in [1.54, 1.807) is 0 Å². The molecule has 0 aromatic carbocycles. The van der Waals surface area contributed by atoms with Crippen molar-refractivity contribution in [2.24, 2.45) is 0 Å². The second kappa shape index (κ2) is 16.5. The average molecular weight is 386 g/mol. The van der Waals surface area contributed by atoms with E-state index < -0.39 is 0 Å². The van der Waals surface area contributed by atoms with E-state index in [4.69, 9.17) is 3.83 Å². The summed E-state index contributed by atoms with van der Waals surface area (Å²) in [6, 6.07) is 0. The Balaban J connectivity index is -0.00000000500. The van der Waals surface area contributed by atoms with E-state index >= 15 is 0 Å². The Morgan fingerprint density at radius 2 is 1.25 bits per heavy atom. The first-order valence-corrected chi connectivity index (χ1v) is 0.866. The second-order valence-corrected chi connectivity index (χ2v) is 0. The van der Waals surface area contributed by atoms with Crippen molar-refractivity contribution in [2.45, 2.75) is 0 Å². The zero-order valence-corrected chi connectivity index (χ0v) is 9.54. The van der Waals surface area contributed by atoms with Gasteiger partial charge in [-0.3, -0.25) is 0 Å². The van der Waals surface area contributed by atoms with Gasteiger partial charge in [-0.25, -0.2) is 0 Å². The van der Waals surface area contributed by atoms with E-state index in [0.29, 0.717) is 0 Å². The summed E-state index contributed by atoms with van der Waals surface area (Å²) in [7, 11) is 0. The summed E-state index contributed by atoms with van der Waals surface area (Å²) in [4.78, 5) is 0. The fraction of sp³-hybridized carbons (Fsp3) is 0. The van der Waals surface area contributed by atoms with Crippen molar-refractivity contribution >= 4 is 15.9 Å². The maximum atomic E-state index is 8.12. The molecule has 0 spiro atoms. The minimum Gasteiger partial charge on any atom is 0 e. The van der Waals surface area contributed by atoms with Crippen molar-refractivity contribution in [1.29, 1.82) is 0 Å². The minimum absolute atomic E-state index is 0. The van der Waals surface area contributed by atoms with E-state index in [-0.39, 0.29) is 85.0 Å². The third-order valence-corrected chi connectivity index (χ3v) is 0. The molecule has 0 rings (SSSR count). The summed E-state index contributed by atoms with van der Waals surface area (Å²) in [6.07, 6.45) is 0. The van der Waals surface area contributed by atoms with Crippen LogP contribution in [0.25, 0.3) is 0 Å². The molecule has 0 N–H and O–H groups in total. The van der Waals surface area contributed by atoms with Crippen molar-refractivity contribution in [2.75, 3.05) is 0 Å². The summed E-state index contributed by atoms with van der Waals surface area (Å²) >= 11 is 1.38. The fourth-order valence-corrected chi connectivity index (χ4v) is 0. The maximum Gasteiger partial charge on any atom is 0 e. The van der Waals surface area contributed by atoms with Crippen molar-refractivity contribution in [1.82, 2.24) is 0 Å². The van der Waals surface area contributed by atoms with Crippen molar-refractivity contribution < 1.29 is 88.8 Å². The zero-order valence-electron chi connectivity index (χ0n) is 1.77. The van der Waals surface area contributed by atoms with E-state index in [1.165, 1.54) is 15.9 Å². The number of rotatable bonds is 0. The van der Waals surface area contributed by atoms with Crippen LogP contribution in [0.3, 0.4) is 0 Å². The molecule has 0 aromatic heterocycles. The van der Waals surface area contributed by atoms with E-state index in [2.05, 4.69) is 0 Å². The van der Waals surface area contributed by atoms with Gasteiger partial charge in [-0.1, -0.05) is 0 Å². The molecule has 1 nitrogen and oxygen atoms in total. The second-order valence-electron chi connectivity index (χ2n) is 0. The van der Waals surface area contributed by atoms with Gasteiger partial charge in [0.05, 0.1) is 0 Å². The third kappa shape index (κ3) is 8.92. The minimum atomic E-state index is 0. The van der Waals surface area contributed by atoms with Gasteiger partial charge in [0.2, 0.25) is 0 Å². The Hall–Kier alpha value is 3.10. The molecule has 0 fully saturated rings. The van der Waals surface area contributed by atoms with Crippen LogP contribution in [0.15, 0.2) is 0 Å². The molecule has 0 aliphatic carbocycles. The zero-order chi connectivity index (χ0) is 2.00. The predicted molar refractivity (Wildman–Crippen MR) is 6.44 cm³/mol. The first-order chi connectivity index (χ1) is 1.00. The molecule has 0 heterocycles. The molecule has 0 aliphatic rings. The van der Waals surface area contributed by atoms with Gasteiger partial charge in [0, 0.05) is 85.0 Å². The molecule has 0 aromatic rings. The van der Waals surface area contributed by atoms with Gasteiger partial charge in [-0.15, -0.1) is 0 Å². The maximum absolute atomic E-state index is 8.12. The van der Waals surface area contributed by atoms with Crippen LogP contribution in [0, 0.1) is 85.0 Å². The molecule has 4 heavy (non-hydrogen) atoms. The Morgan fingerprint density at radius 3 is 1.25 bits per heavy atom. The molecule has 0 unspecified atom stereocenters. The summed E-state index contributed by atoms with van der Waals surface area (Å²) in [5, 5.41) is 0. The van der Waals surface area contributed by atoms with Gasteiger partial charge < -0.3 is 0 Å². The van der Waals surface area contributed by atoms with Crippen LogP contribution < -0.4 is 0 Å². The molecule has 22 valence electrons. The van der Waals surface area contributed by atoms with Crippen LogP contribution in [0.5, 0.6) is 0 Å². The van der Waals surface area contributed by atoms with Gasteiger partial charge in [0.1, 0.15) is 0 Å². The van der Waals surface area contributed by atoms with Crippen molar-refractivity contribution in [3.8, 4) is 0 Å². The summed E-state index contributed by atoms with van der Waals surface area (Å²) in [6.45, 7) is 0. The van der Waals surface area contributed by atoms with Crippen LogP contribution in [0.1, 0.15) is 0 Å². The number of hydrogen-bond acceptors (Lipinski definition) is 1. The Kier molecular flexibility index (Phi) is 64.9. The SMILES string of the molecule is O=[Se].[Eu].[La]. The van der Waals surface area contributed by atoms with Crippen LogP contribution in [-0.2, 0) is 3.83 Å². The monoisotopic (exact) mass is 388 g/mol. The van der Waals surface area contributed by atoms with Crippen molar-refractivity contribution in [3.63, 3.8) is 0 Å². The molecular weight excluding hydrogens is 386 g/mol. The Morgan fingerprint density at radius 1 is 1.25 bits per heavy atom. The molecule has 2 radical (unpaired) electrons. The number of hydrogen-bond donors (Lipinski definition) is 0. The van der Waals surface area contributed by atoms with E-state index in [0.717, 1.165) is 0 Å². The molecule has 0 amide bonds. The summed E-state index contributed by atoms with van der Waals surface area (Å²) in [5.74, 6) is 0. The fourth-order valence-electron chi connectivity index (χ4n) is 0. The molecule has 0 bridgehead atoms. The largest absolute Gasteiger partial charge is 0 e. The molecule has 0 atom stereocenters. The van der Waals surface area contributed by atoms with Gasteiger partial charge in [0.25, 0.3) is 0 Å². The molecule has 4 heteroatoms. The molecule has 0 saturated carbocycles.